The number of rotatable bonds is 3. The van der Waals surface area contributed by atoms with E-state index in [1.807, 2.05) is 4.90 Å². The van der Waals surface area contributed by atoms with E-state index in [1.165, 1.54) is 16.8 Å². The second-order valence-corrected chi connectivity index (χ2v) is 6.97. The van der Waals surface area contributed by atoms with E-state index in [0.29, 0.717) is 23.2 Å². The fourth-order valence-electron chi connectivity index (χ4n) is 3.91. The molecule has 0 spiro atoms. The third kappa shape index (κ3) is 3.20. The number of likely N-dealkylation sites (tertiary alicyclic amines) is 1. The van der Waals surface area contributed by atoms with Crippen molar-refractivity contribution in [3.8, 4) is 5.69 Å². The average molecular weight is 355 g/mol. The molecular weight excluding hydrogens is 334 g/mol. The summed E-state index contributed by atoms with van der Waals surface area (Å²) in [6, 6.07) is 7.89. The van der Waals surface area contributed by atoms with Crippen LogP contribution in [0.25, 0.3) is 5.69 Å². The number of nitrogens with one attached hydrogen (secondary N) is 1. The van der Waals surface area contributed by atoms with Crippen LogP contribution in [0.3, 0.4) is 0 Å². The highest BCUT2D eigenvalue weighted by Crippen LogP contribution is 2.27. The van der Waals surface area contributed by atoms with Crippen LogP contribution in [0.2, 0.25) is 0 Å². The fraction of sp³-hybridized carbons (Fsp3) is 0.444. The Labute approximate surface area is 150 Å². The molecule has 2 aliphatic rings. The topological polar surface area (TPSA) is 93.3 Å². The Kier molecular flexibility index (Phi) is 4.42. The first-order chi connectivity index (χ1) is 12.6. The van der Waals surface area contributed by atoms with Crippen molar-refractivity contribution in [3.05, 3.63) is 52.3 Å². The molecule has 4 rings (SSSR count). The Hall–Kier alpha value is -2.74. The van der Waals surface area contributed by atoms with Crippen molar-refractivity contribution >= 4 is 11.6 Å². The first kappa shape index (κ1) is 16.7. The van der Waals surface area contributed by atoms with Gasteiger partial charge < -0.3 is 10.2 Å². The fourth-order valence-corrected chi connectivity index (χ4v) is 3.91. The number of nitrogens with zero attached hydrogens (tertiary/aromatic N) is 4. The van der Waals surface area contributed by atoms with Gasteiger partial charge in [0.2, 0.25) is 0 Å². The number of hydrogen-bond acceptors (Lipinski definition) is 5. The van der Waals surface area contributed by atoms with Crippen molar-refractivity contribution in [2.45, 2.75) is 12.8 Å². The summed E-state index contributed by atoms with van der Waals surface area (Å²) in [5.41, 5.74) is 0.940. The molecule has 8 heteroatoms. The zero-order valence-electron chi connectivity index (χ0n) is 14.4. The van der Waals surface area contributed by atoms with Crippen LogP contribution in [0.5, 0.6) is 0 Å². The van der Waals surface area contributed by atoms with Crippen molar-refractivity contribution in [1.82, 2.24) is 20.0 Å². The van der Waals surface area contributed by atoms with E-state index in [9.17, 15) is 14.9 Å². The summed E-state index contributed by atoms with van der Waals surface area (Å²) >= 11 is 0. The predicted octanol–water partition coefficient (Wildman–Crippen LogP) is 1.85. The lowest BCUT2D eigenvalue weighted by molar-refractivity contribution is -0.384. The summed E-state index contributed by atoms with van der Waals surface area (Å²) in [6.07, 6.45) is 3.72. The van der Waals surface area contributed by atoms with E-state index in [1.54, 1.807) is 24.4 Å². The maximum Gasteiger partial charge on any atom is 0.274 e. The molecule has 0 radical (unpaired) electrons. The molecule has 3 heterocycles. The highest BCUT2D eigenvalue weighted by atomic mass is 16.6. The van der Waals surface area contributed by atoms with Gasteiger partial charge in [-0.1, -0.05) is 6.07 Å². The summed E-state index contributed by atoms with van der Waals surface area (Å²) in [4.78, 5) is 25.2. The molecule has 0 aliphatic carbocycles. The Balaban J connectivity index is 1.50. The van der Waals surface area contributed by atoms with E-state index in [-0.39, 0.29) is 11.6 Å². The number of benzene rings is 1. The standard InChI is InChI=1S/C18H21N5O3/c24-18(21-7-4-13-11-19-12-14(13)5-8-21)17-6-9-22(20-17)15-2-1-3-16(10-15)23(25)26/h1-3,6,9-10,13-14,19H,4-5,7-8,11-12H2/t13-,14+. The second-order valence-electron chi connectivity index (χ2n) is 6.97. The Morgan fingerprint density at radius 2 is 1.92 bits per heavy atom. The van der Waals surface area contributed by atoms with Gasteiger partial charge in [0.25, 0.3) is 11.6 Å². The van der Waals surface area contributed by atoms with Gasteiger partial charge in [-0.15, -0.1) is 0 Å². The zero-order chi connectivity index (χ0) is 18.1. The second kappa shape index (κ2) is 6.87. The highest BCUT2D eigenvalue weighted by molar-refractivity contribution is 5.92. The first-order valence-electron chi connectivity index (χ1n) is 8.92. The molecule has 2 fully saturated rings. The maximum absolute atomic E-state index is 12.8. The van der Waals surface area contributed by atoms with E-state index >= 15 is 0 Å². The number of nitro groups is 1. The lowest BCUT2D eigenvalue weighted by Crippen LogP contribution is -2.33. The molecule has 0 bridgehead atoms. The molecule has 1 aromatic carbocycles. The van der Waals surface area contributed by atoms with Crippen molar-refractivity contribution < 1.29 is 9.72 Å². The van der Waals surface area contributed by atoms with Crippen LogP contribution >= 0.6 is 0 Å². The minimum Gasteiger partial charge on any atom is -0.337 e. The van der Waals surface area contributed by atoms with E-state index in [2.05, 4.69) is 10.4 Å². The molecule has 8 nitrogen and oxygen atoms in total. The van der Waals surface area contributed by atoms with Crippen LogP contribution in [0.15, 0.2) is 36.5 Å². The van der Waals surface area contributed by atoms with Gasteiger partial charge >= 0.3 is 0 Å². The van der Waals surface area contributed by atoms with Gasteiger partial charge in [0.1, 0.15) is 0 Å². The van der Waals surface area contributed by atoms with Crippen molar-refractivity contribution in [3.63, 3.8) is 0 Å². The molecule has 26 heavy (non-hydrogen) atoms. The van der Waals surface area contributed by atoms with Crippen molar-refractivity contribution in [2.75, 3.05) is 26.2 Å². The van der Waals surface area contributed by atoms with E-state index in [0.717, 1.165) is 39.0 Å². The minimum absolute atomic E-state index is 0.00135. The smallest absolute Gasteiger partial charge is 0.274 e. The predicted molar refractivity (Wildman–Crippen MR) is 95.2 cm³/mol. The van der Waals surface area contributed by atoms with Crippen LogP contribution in [0, 0.1) is 22.0 Å². The van der Waals surface area contributed by atoms with Crippen LogP contribution in [0.4, 0.5) is 5.69 Å². The lowest BCUT2D eigenvalue weighted by atomic mass is 9.92. The van der Waals surface area contributed by atoms with Crippen LogP contribution in [-0.4, -0.2) is 51.7 Å². The normalized spacial score (nSPS) is 22.7. The number of carbonyl (C=O) groups excluding carboxylic acids is 1. The number of non-ortho nitro benzene ring substituents is 1. The van der Waals surface area contributed by atoms with Gasteiger partial charge in [-0.25, -0.2) is 4.68 Å². The number of hydrogen-bond donors (Lipinski definition) is 1. The first-order valence-corrected chi connectivity index (χ1v) is 8.92. The highest BCUT2D eigenvalue weighted by Gasteiger charge is 2.32. The van der Waals surface area contributed by atoms with Crippen LogP contribution in [-0.2, 0) is 0 Å². The summed E-state index contributed by atoms with van der Waals surface area (Å²) in [6.45, 7) is 3.61. The monoisotopic (exact) mass is 355 g/mol. The Morgan fingerprint density at radius 3 is 2.62 bits per heavy atom. The molecule has 2 saturated heterocycles. The molecule has 0 saturated carbocycles. The van der Waals surface area contributed by atoms with Gasteiger partial charge in [0.05, 0.1) is 10.6 Å². The summed E-state index contributed by atoms with van der Waals surface area (Å²) in [5, 5.41) is 18.7. The number of carbonyl (C=O) groups is 1. The molecule has 2 atom stereocenters. The molecular formula is C18H21N5O3. The molecule has 1 N–H and O–H groups in total. The summed E-state index contributed by atoms with van der Waals surface area (Å²) in [5.74, 6) is 1.26. The quantitative estimate of drug-likeness (QED) is 0.670. The summed E-state index contributed by atoms with van der Waals surface area (Å²) in [7, 11) is 0. The number of fused-ring (bicyclic) bond motifs is 1. The van der Waals surface area contributed by atoms with Crippen LogP contribution < -0.4 is 5.32 Å². The SMILES string of the molecule is O=C(c1ccn(-c2cccc([N+](=O)[O-])c2)n1)N1CC[C@@H]2CNC[C@@H]2CC1. The van der Waals surface area contributed by atoms with Gasteiger partial charge in [-0.2, -0.15) is 5.10 Å². The molecule has 1 amide bonds. The molecule has 2 aliphatic heterocycles. The van der Waals surface area contributed by atoms with Gasteiger partial charge in [0, 0.05) is 31.4 Å². The van der Waals surface area contributed by atoms with Gasteiger partial charge in [-0.3, -0.25) is 14.9 Å². The van der Waals surface area contributed by atoms with E-state index < -0.39 is 4.92 Å². The molecule has 0 unspecified atom stereocenters. The van der Waals surface area contributed by atoms with Gasteiger partial charge in [0.15, 0.2) is 5.69 Å². The minimum atomic E-state index is -0.442. The van der Waals surface area contributed by atoms with Crippen molar-refractivity contribution in [1.29, 1.82) is 0 Å². The Bertz CT molecular complexity index is 820. The lowest BCUT2D eigenvalue weighted by Gasteiger charge is -2.19. The maximum atomic E-state index is 12.8. The molecule has 2 aromatic rings. The largest absolute Gasteiger partial charge is 0.337 e. The van der Waals surface area contributed by atoms with Gasteiger partial charge in [-0.05, 0) is 49.9 Å². The van der Waals surface area contributed by atoms with Crippen molar-refractivity contribution in [2.24, 2.45) is 11.8 Å². The van der Waals surface area contributed by atoms with E-state index in [4.69, 9.17) is 0 Å². The number of amides is 1. The third-order valence-corrected chi connectivity index (χ3v) is 5.42. The molecule has 136 valence electrons. The van der Waals surface area contributed by atoms with Crippen LogP contribution in [0.1, 0.15) is 23.3 Å². The Morgan fingerprint density at radius 1 is 1.19 bits per heavy atom. The number of nitro benzene ring substituents is 1. The number of aromatic nitrogens is 2. The third-order valence-electron chi connectivity index (χ3n) is 5.42. The zero-order valence-corrected chi connectivity index (χ0v) is 14.4. The summed E-state index contributed by atoms with van der Waals surface area (Å²) < 4.78 is 1.51. The average Bonchev–Trinajstić information content (AvgIpc) is 3.27. The molecule has 1 aromatic heterocycles.